The normalized spacial score (nSPS) is 18.5. The summed E-state index contributed by atoms with van der Waals surface area (Å²) in [5.74, 6) is 0.0554. The number of carbonyl (C=O) groups excluding carboxylic acids is 1. The lowest BCUT2D eigenvalue weighted by Gasteiger charge is -2.36. The van der Waals surface area contributed by atoms with Crippen molar-refractivity contribution in [2.75, 3.05) is 44.7 Å². The van der Waals surface area contributed by atoms with E-state index in [0.717, 1.165) is 0 Å². The third kappa shape index (κ3) is 5.93. The molecular weight excluding hydrogens is 470 g/mol. The lowest BCUT2D eigenvalue weighted by molar-refractivity contribution is -0.152. The van der Waals surface area contributed by atoms with Crippen LogP contribution in [0.25, 0.3) is 0 Å². The molecule has 1 saturated heterocycles. The fraction of sp³-hybridized carbons (Fsp3) is 0.440. The molecule has 2 aromatic carbocycles. The van der Waals surface area contributed by atoms with E-state index in [1.165, 1.54) is 16.4 Å². The van der Waals surface area contributed by atoms with Crippen molar-refractivity contribution >= 4 is 21.7 Å². The summed E-state index contributed by atoms with van der Waals surface area (Å²) in [7, 11) is -0.211. The van der Waals surface area contributed by atoms with Crippen molar-refractivity contribution in [3.05, 3.63) is 53.6 Å². The minimum Gasteiger partial charge on any atom is -0.485 e. The number of hydrogen-bond donors (Lipinski definition) is 0. The molecule has 0 aromatic heterocycles. The first kappa shape index (κ1) is 25.0. The van der Waals surface area contributed by atoms with Gasteiger partial charge in [0.15, 0.2) is 0 Å². The van der Waals surface area contributed by atoms with Crippen molar-refractivity contribution in [2.45, 2.75) is 36.4 Å². The van der Waals surface area contributed by atoms with Crippen molar-refractivity contribution in [1.82, 2.24) is 4.90 Å². The van der Waals surface area contributed by atoms with Crippen LogP contribution in [-0.2, 0) is 30.7 Å². The maximum Gasteiger partial charge on any atom is 0.310 e. The maximum atomic E-state index is 13.7. The van der Waals surface area contributed by atoms with Crippen LogP contribution < -0.4 is 9.04 Å². The highest BCUT2D eigenvalue weighted by Gasteiger charge is 2.35. The van der Waals surface area contributed by atoms with Gasteiger partial charge >= 0.3 is 5.97 Å². The van der Waals surface area contributed by atoms with Gasteiger partial charge in [-0.25, -0.2) is 8.42 Å². The van der Waals surface area contributed by atoms with Crippen molar-refractivity contribution in [3.63, 3.8) is 0 Å². The number of sulfonamides is 1. The van der Waals surface area contributed by atoms with Gasteiger partial charge in [0.25, 0.3) is 10.0 Å². The Morgan fingerprint density at radius 1 is 1.20 bits per heavy atom. The summed E-state index contributed by atoms with van der Waals surface area (Å²) >= 11 is 0. The topological polar surface area (TPSA) is 109 Å². The van der Waals surface area contributed by atoms with Crippen LogP contribution in [-0.4, -0.2) is 71.9 Å². The third-order valence-corrected chi connectivity index (χ3v) is 7.67. The molecule has 9 nitrogen and oxygen atoms in total. The van der Waals surface area contributed by atoms with Gasteiger partial charge in [-0.3, -0.25) is 9.10 Å². The molecule has 0 spiro atoms. The lowest BCUT2D eigenvalue weighted by Crippen LogP contribution is -2.47. The maximum absolute atomic E-state index is 13.7. The van der Waals surface area contributed by atoms with Crippen molar-refractivity contribution in [3.8, 4) is 11.8 Å². The first-order valence-electron chi connectivity index (χ1n) is 11.5. The zero-order valence-electron chi connectivity index (χ0n) is 19.8. The first-order chi connectivity index (χ1) is 16.8. The summed E-state index contributed by atoms with van der Waals surface area (Å²) in [6.45, 7) is 1.76. The van der Waals surface area contributed by atoms with E-state index < -0.39 is 16.1 Å². The molecule has 0 saturated carbocycles. The molecule has 0 radical (unpaired) electrons. The Kier molecular flexibility index (Phi) is 7.60. The van der Waals surface area contributed by atoms with E-state index in [1.54, 1.807) is 30.3 Å². The summed E-state index contributed by atoms with van der Waals surface area (Å²) in [6, 6.07) is 13.0. The van der Waals surface area contributed by atoms with Crippen LogP contribution in [0.1, 0.15) is 24.0 Å². The fourth-order valence-electron chi connectivity index (χ4n) is 4.24. The SMILES string of the molecule is CN(C)C[C@H]1CN(S(=O)(=O)c2cccc(C#N)c2)c2cc(CC(=O)OC3CCOCC3)ccc2O1. The minimum absolute atomic E-state index is 0.0174. The number of fused-ring (bicyclic) bond motifs is 1. The fourth-order valence-corrected chi connectivity index (χ4v) is 5.78. The molecule has 35 heavy (non-hydrogen) atoms. The third-order valence-electron chi connectivity index (χ3n) is 5.89. The molecule has 0 N–H and O–H groups in total. The second-order valence-electron chi connectivity index (χ2n) is 8.96. The lowest BCUT2D eigenvalue weighted by atomic mass is 10.1. The number of likely N-dealkylation sites (N-methyl/N-ethyl adjacent to an activating group) is 1. The van der Waals surface area contributed by atoms with Crippen LogP contribution in [0.5, 0.6) is 5.75 Å². The standard InChI is InChI=1S/C25H29N3O6S/c1-27(2)16-21-17-28(35(30,31)22-5-3-4-19(12-22)15-26)23-13-18(6-7-24(23)33-21)14-25(29)34-20-8-10-32-11-9-20/h3-7,12-13,20-21H,8-11,14,16-17H2,1-2H3/t21-/m0/s1. The number of rotatable bonds is 7. The van der Waals surface area contributed by atoms with E-state index in [9.17, 15) is 18.5 Å². The van der Waals surface area contributed by atoms with Gasteiger partial charge < -0.3 is 19.1 Å². The Balaban J connectivity index is 1.63. The van der Waals surface area contributed by atoms with Gasteiger partial charge in [-0.15, -0.1) is 0 Å². The predicted octanol–water partition coefficient (Wildman–Crippen LogP) is 2.34. The molecule has 2 aromatic rings. The molecule has 2 heterocycles. The Morgan fingerprint density at radius 2 is 1.97 bits per heavy atom. The van der Waals surface area contributed by atoms with Crippen LogP contribution >= 0.6 is 0 Å². The summed E-state index contributed by atoms with van der Waals surface area (Å²) in [5.41, 5.74) is 1.24. The summed E-state index contributed by atoms with van der Waals surface area (Å²) in [6.07, 6.45) is 0.809. The summed E-state index contributed by atoms with van der Waals surface area (Å²) in [4.78, 5) is 14.5. The number of esters is 1. The number of hydrogen-bond acceptors (Lipinski definition) is 8. The Hall–Kier alpha value is -3.13. The number of benzene rings is 2. The Bertz CT molecular complexity index is 1220. The molecule has 0 unspecified atom stereocenters. The highest BCUT2D eigenvalue weighted by atomic mass is 32.2. The smallest absolute Gasteiger partial charge is 0.310 e. The van der Waals surface area contributed by atoms with Crippen LogP contribution in [0, 0.1) is 11.3 Å². The van der Waals surface area contributed by atoms with Crippen LogP contribution in [0.2, 0.25) is 0 Å². The monoisotopic (exact) mass is 499 g/mol. The van der Waals surface area contributed by atoms with Crippen molar-refractivity contribution < 1.29 is 27.4 Å². The Morgan fingerprint density at radius 3 is 2.69 bits per heavy atom. The summed E-state index contributed by atoms with van der Waals surface area (Å²) in [5, 5.41) is 9.24. The van der Waals surface area contributed by atoms with Crippen molar-refractivity contribution in [2.24, 2.45) is 0 Å². The van der Waals surface area contributed by atoms with Crippen LogP contribution in [0.15, 0.2) is 47.4 Å². The van der Waals surface area contributed by atoms with Gasteiger partial charge in [-0.2, -0.15) is 5.26 Å². The molecule has 4 rings (SSSR count). The van der Waals surface area contributed by atoms with Crippen LogP contribution in [0.4, 0.5) is 5.69 Å². The second-order valence-corrected chi connectivity index (χ2v) is 10.8. The number of carbonyl (C=O) groups is 1. The van der Waals surface area contributed by atoms with E-state index in [2.05, 4.69) is 0 Å². The number of ether oxygens (including phenoxy) is 3. The first-order valence-corrected chi connectivity index (χ1v) is 12.9. The Labute approximate surface area is 205 Å². The molecule has 10 heteroatoms. The highest BCUT2D eigenvalue weighted by molar-refractivity contribution is 7.92. The minimum atomic E-state index is -3.99. The molecule has 0 bridgehead atoms. The zero-order chi connectivity index (χ0) is 25.0. The van der Waals surface area contributed by atoms with Gasteiger partial charge in [0.1, 0.15) is 18.0 Å². The summed E-state index contributed by atoms with van der Waals surface area (Å²) < 4.78 is 45.7. The van der Waals surface area contributed by atoms with Crippen molar-refractivity contribution in [1.29, 1.82) is 5.26 Å². The van der Waals surface area contributed by atoms with Gasteiger partial charge in [0.2, 0.25) is 0 Å². The van der Waals surface area contributed by atoms with Crippen LogP contribution in [0.3, 0.4) is 0 Å². The molecule has 1 atom stereocenters. The molecule has 186 valence electrons. The van der Waals surface area contributed by atoms with Gasteiger partial charge in [-0.1, -0.05) is 12.1 Å². The van der Waals surface area contributed by atoms with E-state index in [1.807, 2.05) is 25.1 Å². The number of nitrogens with zero attached hydrogens (tertiary/aromatic N) is 3. The average Bonchev–Trinajstić information content (AvgIpc) is 2.84. The van der Waals surface area contributed by atoms with Gasteiger partial charge in [0, 0.05) is 19.4 Å². The van der Waals surface area contributed by atoms with Gasteiger partial charge in [0.05, 0.1) is 48.4 Å². The van der Waals surface area contributed by atoms with E-state index >= 15 is 0 Å². The molecular formula is C25H29N3O6S. The van der Waals surface area contributed by atoms with E-state index in [-0.39, 0.29) is 35.5 Å². The van der Waals surface area contributed by atoms with E-state index in [4.69, 9.17) is 14.2 Å². The molecule has 1 fully saturated rings. The van der Waals surface area contributed by atoms with E-state index in [0.29, 0.717) is 49.6 Å². The second kappa shape index (κ2) is 10.6. The quantitative estimate of drug-likeness (QED) is 0.534. The number of anilines is 1. The number of nitriles is 1. The molecule has 0 aliphatic carbocycles. The average molecular weight is 500 g/mol. The predicted molar refractivity (Wildman–Crippen MR) is 129 cm³/mol. The molecule has 0 amide bonds. The molecule has 2 aliphatic heterocycles. The molecule has 2 aliphatic rings. The largest absolute Gasteiger partial charge is 0.485 e. The zero-order valence-corrected chi connectivity index (χ0v) is 20.7. The van der Waals surface area contributed by atoms with Gasteiger partial charge in [-0.05, 0) is 50.0 Å². The highest BCUT2D eigenvalue weighted by Crippen LogP contribution is 2.38.